The molecule has 4 heteroatoms. The molecule has 0 bridgehead atoms. The Labute approximate surface area is 142 Å². The number of amides is 1. The number of aryl methyl sites for hydroxylation is 1. The van der Waals surface area contributed by atoms with Crippen LogP contribution in [0, 0.1) is 6.92 Å². The van der Waals surface area contributed by atoms with E-state index in [2.05, 4.69) is 5.10 Å². The molecule has 1 amide bonds. The highest BCUT2D eigenvalue weighted by Gasteiger charge is 2.20. The first kappa shape index (κ1) is 16.0. The fourth-order valence-electron chi connectivity index (χ4n) is 2.71. The van der Waals surface area contributed by atoms with Gasteiger partial charge in [0.1, 0.15) is 5.69 Å². The number of carbonyl (C=O) groups excluding carboxylic acids is 1. The fourth-order valence-corrected chi connectivity index (χ4v) is 2.71. The van der Waals surface area contributed by atoms with Crippen LogP contribution in [0.1, 0.15) is 28.7 Å². The van der Waals surface area contributed by atoms with Gasteiger partial charge in [0.2, 0.25) is 0 Å². The minimum absolute atomic E-state index is 0.00851. The van der Waals surface area contributed by atoms with Crippen molar-refractivity contribution in [3.63, 3.8) is 0 Å². The summed E-state index contributed by atoms with van der Waals surface area (Å²) in [4.78, 5) is 14.9. The molecule has 0 aliphatic heterocycles. The fraction of sp³-hybridized carbons (Fsp3) is 0.200. The predicted octanol–water partition coefficient (Wildman–Crippen LogP) is 3.84. The number of rotatable bonds is 5. The Morgan fingerprint density at radius 3 is 2.29 bits per heavy atom. The lowest BCUT2D eigenvalue weighted by Gasteiger charge is -2.21. The first-order chi connectivity index (χ1) is 11.7. The van der Waals surface area contributed by atoms with Gasteiger partial charge in [0.05, 0.1) is 11.4 Å². The van der Waals surface area contributed by atoms with Gasteiger partial charge in [-0.25, -0.2) is 4.68 Å². The first-order valence-corrected chi connectivity index (χ1v) is 8.14. The van der Waals surface area contributed by atoms with Crippen molar-refractivity contribution >= 4 is 5.91 Å². The Morgan fingerprint density at radius 2 is 1.67 bits per heavy atom. The standard InChI is InChI=1S/C20H21N3O/c1-3-22(15-17-10-6-4-7-11-17)20(24)19-14-16(2)21-23(19)18-12-8-5-9-13-18/h4-14H,3,15H2,1-2H3. The molecule has 0 atom stereocenters. The second kappa shape index (κ2) is 7.13. The third kappa shape index (κ3) is 3.38. The molecule has 0 radical (unpaired) electrons. The molecule has 3 rings (SSSR count). The minimum atomic E-state index is -0.00851. The second-order valence-electron chi connectivity index (χ2n) is 5.72. The summed E-state index contributed by atoms with van der Waals surface area (Å²) in [7, 11) is 0. The minimum Gasteiger partial charge on any atom is -0.333 e. The average molecular weight is 319 g/mol. The Morgan fingerprint density at radius 1 is 1.04 bits per heavy atom. The Balaban J connectivity index is 1.91. The smallest absolute Gasteiger partial charge is 0.272 e. The molecule has 3 aromatic rings. The molecule has 0 N–H and O–H groups in total. The zero-order chi connectivity index (χ0) is 16.9. The van der Waals surface area contributed by atoms with Crippen LogP contribution in [0.2, 0.25) is 0 Å². The molecule has 1 aromatic heterocycles. The van der Waals surface area contributed by atoms with Crippen LogP contribution in [0.3, 0.4) is 0 Å². The monoisotopic (exact) mass is 319 g/mol. The van der Waals surface area contributed by atoms with Crippen LogP contribution in [0.15, 0.2) is 66.7 Å². The van der Waals surface area contributed by atoms with Crippen molar-refractivity contribution in [3.05, 3.63) is 83.7 Å². The van der Waals surface area contributed by atoms with Crippen LogP contribution >= 0.6 is 0 Å². The van der Waals surface area contributed by atoms with Gasteiger partial charge in [-0.05, 0) is 37.6 Å². The summed E-state index contributed by atoms with van der Waals surface area (Å²) in [6.45, 7) is 5.14. The van der Waals surface area contributed by atoms with E-state index in [4.69, 9.17) is 0 Å². The summed E-state index contributed by atoms with van der Waals surface area (Å²) < 4.78 is 1.73. The van der Waals surface area contributed by atoms with Gasteiger partial charge in [0, 0.05) is 13.1 Å². The first-order valence-electron chi connectivity index (χ1n) is 8.14. The SMILES string of the molecule is CCN(Cc1ccccc1)C(=O)c1cc(C)nn1-c1ccccc1. The van der Waals surface area contributed by atoms with Crippen molar-refractivity contribution < 1.29 is 4.79 Å². The van der Waals surface area contributed by atoms with Crippen molar-refractivity contribution in [1.82, 2.24) is 14.7 Å². The topological polar surface area (TPSA) is 38.1 Å². The molecule has 0 saturated carbocycles. The molecule has 4 nitrogen and oxygen atoms in total. The largest absolute Gasteiger partial charge is 0.333 e. The number of benzene rings is 2. The van der Waals surface area contributed by atoms with Gasteiger partial charge in [0.15, 0.2) is 0 Å². The van der Waals surface area contributed by atoms with Crippen LogP contribution in [-0.2, 0) is 6.54 Å². The molecule has 0 spiro atoms. The maximum Gasteiger partial charge on any atom is 0.272 e. The average Bonchev–Trinajstić information content (AvgIpc) is 3.02. The van der Waals surface area contributed by atoms with Gasteiger partial charge in [-0.15, -0.1) is 0 Å². The number of para-hydroxylation sites is 1. The van der Waals surface area contributed by atoms with E-state index in [1.165, 1.54) is 0 Å². The highest BCUT2D eigenvalue weighted by molar-refractivity contribution is 5.93. The highest BCUT2D eigenvalue weighted by atomic mass is 16.2. The molecule has 0 aliphatic rings. The van der Waals surface area contributed by atoms with E-state index in [0.717, 1.165) is 16.9 Å². The van der Waals surface area contributed by atoms with E-state index < -0.39 is 0 Å². The Bertz CT molecular complexity index is 809. The summed E-state index contributed by atoms with van der Waals surface area (Å²) >= 11 is 0. The maximum atomic E-state index is 13.1. The van der Waals surface area contributed by atoms with Gasteiger partial charge in [-0.1, -0.05) is 48.5 Å². The van der Waals surface area contributed by atoms with Crippen LogP contribution in [-0.4, -0.2) is 27.1 Å². The molecule has 24 heavy (non-hydrogen) atoms. The molecule has 2 aromatic carbocycles. The number of hydrogen-bond donors (Lipinski definition) is 0. The number of carbonyl (C=O) groups is 1. The van der Waals surface area contributed by atoms with E-state index in [1.54, 1.807) is 4.68 Å². The summed E-state index contributed by atoms with van der Waals surface area (Å²) in [5.41, 5.74) is 3.44. The van der Waals surface area contributed by atoms with Crippen LogP contribution < -0.4 is 0 Å². The molecule has 0 unspecified atom stereocenters. The van der Waals surface area contributed by atoms with Gasteiger partial charge < -0.3 is 4.90 Å². The number of aromatic nitrogens is 2. The highest BCUT2D eigenvalue weighted by Crippen LogP contribution is 2.16. The lowest BCUT2D eigenvalue weighted by molar-refractivity contribution is 0.0743. The van der Waals surface area contributed by atoms with E-state index in [9.17, 15) is 4.79 Å². The maximum absolute atomic E-state index is 13.1. The Kier molecular flexibility index (Phi) is 4.75. The molecule has 122 valence electrons. The van der Waals surface area contributed by atoms with Crippen LogP contribution in [0.25, 0.3) is 5.69 Å². The van der Waals surface area contributed by atoms with E-state index >= 15 is 0 Å². The van der Waals surface area contributed by atoms with Crippen LogP contribution in [0.5, 0.6) is 0 Å². The van der Waals surface area contributed by atoms with Gasteiger partial charge in [0.25, 0.3) is 5.91 Å². The summed E-state index contributed by atoms with van der Waals surface area (Å²) in [6.07, 6.45) is 0. The molecular weight excluding hydrogens is 298 g/mol. The molecule has 0 fully saturated rings. The van der Waals surface area contributed by atoms with Crippen molar-refractivity contribution in [2.45, 2.75) is 20.4 Å². The molecule has 0 saturated heterocycles. The van der Waals surface area contributed by atoms with Gasteiger partial charge >= 0.3 is 0 Å². The van der Waals surface area contributed by atoms with Gasteiger partial charge in [-0.2, -0.15) is 5.10 Å². The third-order valence-corrected chi connectivity index (χ3v) is 3.94. The lowest BCUT2D eigenvalue weighted by atomic mass is 10.2. The third-order valence-electron chi connectivity index (χ3n) is 3.94. The second-order valence-corrected chi connectivity index (χ2v) is 5.72. The zero-order valence-electron chi connectivity index (χ0n) is 14.0. The number of hydrogen-bond acceptors (Lipinski definition) is 2. The predicted molar refractivity (Wildman–Crippen MR) is 95.2 cm³/mol. The lowest BCUT2D eigenvalue weighted by Crippen LogP contribution is -2.31. The van der Waals surface area contributed by atoms with Crippen molar-refractivity contribution in [2.75, 3.05) is 6.54 Å². The van der Waals surface area contributed by atoms with E-state index in [1.807, 2.05) is 85.5 Å². The zero-order valence-corrected chi connectivity index (χ0v) is 14.0. The summed E-state index contributed by atoms with van der Waals surface area (Å²) in [6, 6.07) is 21.6. The van der Waals surface area contributed by atoms with Crippen molar-refractivity contribution in [3.8, 4) is 5.69 Å². The molecule has 1 heterocycles. The van der Waals surface area contributed by atoms with Gasteiger partial charge in [-0.3, -0.25) is 4.79 Å². The normalized spacial score (nSPS) is 10.6. The summed E-state index contributed by atoms with van der Waals surface area (Å²) in [5, 5.41) is 4.49. The van der Waals surface area contributed by atoms with Crippen molar-refractivity contribution in [1.29, 1.82) is 0 Å². The Hall–Kier alpha value is -2.88. The quantitative estimate of drug-likeness (QED) is 0.716. The summed E-state index contributed by atoms with van der Waals surface area (Å²) in [5.74, 6) is -0.00851. The number of nitrogens with zero attached hydrogens (tertiary/aromatic N) is 3. The molecule has 0 aliphatic carbocycles. The van der Waals surface area contributed by atoms with Crippen LogP contribution in [0.4, 0.5) is 0 Å². The van der Waals surface area contributed by atoms with E-state index in [-0.39, 0.29) is 5.91 Å². The van der Waals surface area contributed by atoms with Crippen molar-refractivity contribution in [2.24, 2.45) is 0 Å². The van der Waals surface area contributed by atoms with E-state index in [0.29, 0.717) is 18.8 Å². The molecular formula is C20H21N3O.